The van der Waals surface area contributed by atoms with Crippen molar-refractivity contribution in [1.82, 2.24) is 9.62 Å². The Labute approximate surface area is 151 Å². The molecule has 2 aliphatic carbocycles. The Morgan fingerprint density at radius 1 is 1.12 bits per heavy atom. The summed E-state index contributed by atoms with van der Waals surface area (Å²) >= 11 is 0. The predicted molar refractivity (Wildman–Crippen MR) is 98.3 cm³/mol. The van der Waals surface area contributed by atoms with Crippen LogP contribution in [0.4, 0.5) is 0 Å². The summed E-state index contributed by atoms with van der Waals surface area (Å²) in [5.41, 5.74) is 6.37. The first kappa shape index (κ1) is 19.1. The van der Waals surface area contributed by atoms with Gasteiger partial charge in [0.25, 0.3) is 0 Å². The van der Waals surface area contributed by atoms with Gasteiger partial charge in [0.15, 0.2) is 0 Å². The van der Waals surface area contributed by atoms with E-state index < -0.39 is 10.0 Å². The molecule has 0 aromatic rings. The van der Waals surface area contributed by atoms with Crippen LogP contribution < -0.4 is 10.5 Å². The predicted octanol–water partition coefficient (Wildman–Crippen LogP) is 1.46. The number of amides is 1. The molecule has 6 nitrogen and oxygen atoms in total. The van der Waals surface area contributed by atoms with Gasteiger partial charge in [-0.05, 0) is 63.2 Å². The van der Waals surface area contributed by atoms with Crippen molar-refractivity contribution in [3.8, 4) is 0 Å². The number of hydrogen-bond donors (Lipinski definition) is 2. The minimum atomic E-state index is -3.17. The van der Waals surface area contributed by atoms with Gasteiger partial charge in [0.1, 0.15) is 0 Å². The average molecular weight is 372 g/mol. The van der Waals surface area contributed by atoms with Crippen molar-refractivity contribution in [2.45, 2.75) is 69.9 Å². The van der Waals surface area contributed by atoms with Gasteiger partial charge in [-0.2, -0.15) is 0 Å². The molecular weight excluding hydrogens is 338 g/mol. The molecule has 3 N–H and O–H groups in total. The molecule has 3 aliphatic rings. The van der Waals surface area contributed by atoms with Crippen molar-refractivity contribution in [3.63, 3.8) is 0 Å². The third-order valence-corrected chi connectivity index (χ3v) is 7.24. The van der Waals surface area contributed by atoms with Crippen molar-refractivity contribution in [3.05, 3.63) is 0 Å². The lowest BCUT2D eigenvalue weighted by Gasteiger charge is -2.46. The molecule has 0 spiro atoms. The van der Waals surface area contributed by atoms with Crippen LogP contribution in [0.25, 0.3) is 0 Å². The Hall–Kier alpha value is -0.660. The lowest BCUT2D eigenvalue weighted by Crippen LogP contribution is -2.52. The number of rotatable bonds is 5. The average Bonchev–Trinajstić information content (AvgIpc) is 2.53. The minimum absolute atomic E-state index is 0.124. The fraction of sp³-hybridized carbons (Fsp3) is 0.944. The summed E-state index contributed by atoms with van der Waals surface area (Å²) in [7, 11) is -3.17. The number of likely N-dealkylation sites (tertiary alicyclic amines) is 1. The summed E-state index contributed by atoms with van der Waals surface area (Å²) in [6, 6.07) is 0.458. The first-order valence-electron chi connectivity index (χ1n) is 9.86. The molecular formula is C18H33N3O3S. The highest BCUT2D eigenvalue weighted by Crippen LogP contribution is 2.42. The van der Waals surface area contributed by atoms with Crippen LogP contribution in [-0.2, 0) is 14.8 Å². The molecule has 1 saturated heterocycles. The Morgan fingerprint density at radius 2 is 1.80 bits per heavy atom. The molecule has 25 heavy (non-hydrogen) atoms. The van der Waals surface area contributed by atoms with Crippen LogP contribution in [0.3, 0.4) is 0 Å². The standard InChI is InChI=1S/C18H33N3O3S/c1-25(23,24)20-9-8-16-7-2-3-10-21(16)18(22)15-11-13-5-4-6-14(12-15)17(13)19/h13-17,20H,2-12,19H2,1H3. The highest BCUT2D eigenvalue weighted by atomic mass is 32.2. The van der Waals surface area contributed by atoms with Gasteiger partial charge in [0.2, 0.25) is 15.9 Å². The molecule has 3 rings (SSSR count). The minimum Gasteiger partial charge on any atom is -0.339 e. The summed E-state index contributed by atoms with van der Waals surface area (Å²) in [5, 5.41) is 0. The molecule has 144 valence electrons. The molecule has 2 saturated carbocycles. The molecule has 3 fully saturated rings. The highest BCUT2D eigenvalue weighted by molar-refractivity contribution is 7.88. The van der Waals surface area contributed by atoms with Crippen LogP contribution in [-0.4, -0.2) is 50.7 Å². The zero-order valence-electron chi connectivity index (χ0n) is 15.3. The number of sulfonamides is 1. The van der Waals surface area contributed by atoms with E-state index in [2.05, 4.69) is 9.62 Å². The molecule has 3 unspecified atom stereocenters. The van der Waals surface area contributed by atoms with Crippen molar-refractivity contribution < 1.29 is 13.2 Å². The van der Waals surface area contributed by atoms with Crippen LogP contribution in [0, 0.1) is 17.8 Å². The number of nitrogens with zero attached hydrogens (tertiary/aromatic N) is 1. The van der Waals surface area contributed by atoms with Crippen molar-refractivity contribution in [2.75, 3.05) is 19.3 Å². The maximum Gasteiger partial charge on any atom is 0.225 e. The largest absolute Gasteiger partial charge is 0.339 e. The topological polar surface area (TPSA) is 92.5 Å². The summed E-state index contributed by atoms with van der Waals surface area (Å²) in [6.45, 7) is 1.23. The number of piperidine rings is 1. The zero-order valence-corrected chi connectivity index (χ0v) is 16.1. The summed E-state index contributed by atoms with van der Waals surface area (Å²) in [5.74, 6) is 1.44. The van der Waals surface area contributed by atoms with E-state index in [9.17, 15) is 13.2 Å². The van der Waals surface area contributed by atoms with Crippen LogP contribution in [0.1, 0.15) is 57.8 Å². The monoisotopic (exact) mass is 371 g/mol. The molecule has 1 heterocycles. The number of hydrogen-bond acceptors (Lipinski definition) is 4. The van der Waals surface area contributed by atoms with Gasteiger partial charge in [-0.3, -0.25) is 4.79 Å². The highest BCUT2D eigenvalue weighted by Gasteiger charge is 2.42. The SMILES string of the molecule is CS(=O)(=O)NCCC1CCCCN1C(=O)C1CC2CCCC(C1)C2N. The van der Waals surface area contributed by atoms with E-state index >= 15 is 0 Å². The van der Waals surface area contributed by atoms with E-state index in [1.165, 1.54) is 25.5 Å². The number of fused-ring (bicyclic) bond motifs is 2. The second-order valence-corrected chi connectivity index (χ2v) is 10.2. The van der Waals surface area contributed by atoms with Crippen LogP contribution in [0.2, 0.25) is 0 Å². The van der Waals surface area contributed by atoms with Gasteiger partial charge in [-0.1, -0.05) is 6.42 Å². The summed E-state index contributed by atoms with van der Waals surface area (Å²) < 4.78 is 25.1. The smallest absolute Gasteiger partial charge is 0.225 e. The van der Waals surface area contributed by atoms with E-state index in [1.54, 1.807) is 0 Å². The van der Waals surface area contributed by atoms with Gasteiger partial charge in [-0.15, -0.1) is 0 Å². The lowest BCUT2D eigenvalue weighted by atomic mass is 9.64. The Kier molecular flexibility index (Phi) is 6.06. The third kappa shape index (κ3) is 4.74. The number of carbonyl (C=O) groups excluding carboxylic acids is 1. The van der Waals surface area contributed by atoms with E-state index in [-0.39, 0.29) is 18.0 Å². The van der Waals surface area contributed by atoms with E-state index in [0.29, 0.717) is 30.7 Å². The Bertz CT molecular complexity index is 566. The number of carbonyl (C=O) groups is 1. The van der Waals surface area contributed by atoms with Crippen LogP contribution >= 0.6 is 0 Å². The lowest BCUT2D eigenvalue weighted by molar-refractivity contribution is -0.142. The van der Waals surface area contributed by atoms with Crippen LogP contribution in [0.15, 0.2) is 0 Å². The maximum absolute atomic E-state index is 13.2. The van der Waals surface area contributed by atoms with Gasteiger partial charge < -0.3 is 10.6 Å². The molecule has 3 atom stereocenters. The zero-order chi connectivity index (χ0) is 18.0. The summed E-state index contributed by atoms with van der Waals surface area (Å²) in [4.78, 5) is 15.3. The molecule has 0 aromatic heterocycles. The first-order valence-corrected chi connectivity index (χ1v) is 11.7. The normalized spacial score (nSPS) is 36.2. The molecule has 0 aromatic carbocycles. The molecule has 0 radical (unpaired) electrons. The second-order valence-electron chi connectivity index (χ2n) is 8.33. The maximum atomic E-state index is 13.2. The Morgan fingerprint density at radius 3 is 2.44 bits per heavy atom. The number of nitrogens with one attached hydrogen (secondary N) is 1. The molecule has 1 amide bonds. The van der Waals surface area contributed by atoms with Gasteiger partial charge in [0.05, 0.1) is 6.26 Å². The second kappa shape index (κ2) is 7.92. The van der Waals surface area contributed by atoms with Gasteiger partial charge in [-0.25, -0.2) is 13.1 Å². The van der Waals surface area contributed by atoms with Crippen LogP contribution in [0.5, 0.6) is 0 Å². The van der Waals surface area contributed by atoms with E-state index in [4.69, 9.17) is 5.73 Å². The molecule has 7 heteroatoms. The molecule has 1 aliphatic heterocycles. The Balaban J connectivity index is 1.60. The first-order chi connectivity index (χ1) is 11.8. The van der Waals surface area contributed by atoms with Gasteiger partial charge >= 0.3 is 0 Å². The number of nitrogens with two attached hydrogens (primary N) is 1. The van der Waals surface area contributed by atoms with Gasteiger partial charge in [0, 0.05) is 31.1 Å². The van der Waals surface area contributed by atoms with E-state index in [0.717, 1.165) is 38.6 Å². The fourth-order valence-corrected chi connectivity index (χ4v) is 5.72. The third-order valence-electron chi connectivity index (χ3n) is 6.51. The van der Waals surface area contributed by atoms with E-state index in [1.807, 2.05) is 0 Å². The fourth-order valence-electron chi connectivity index (χ4n) is 5.23. The van der Waals surface area contributed by atoms with Crippen molar-refractivity contribution >= 4 is 15.9 Å². The van der Waals surface area contributed by atoms with Crippen molar-refractivity contribution in [2.24, 2.45) is 23.5 Å². The summed E-state index contributed by atoms with van der Waals surface area (Å²) in [6.07, 6.45) is 10.5. The quantitative estimate of drug-likeness (QED) is 0.765. The van der Waals surface area contributed by atoms with Crippen molar-refractivity contribution in [1.29, 1.82) is 0 Å². The molecule has 2 bridgehead atoms.